The SMILES string of the molecule is CC(C)(C)c1ccc(C(C)(C)C)c(-c2cc3c4c(=O)[nH]c(=O)c4c4ssc5ccc6c7c(=O)[nH]c(=O)c7cc7c(c2-c2cc(C(C)(C)C)ccc2C(C)(C)C)c3c4c5c76)c1. The number of nitrogens with one attached hydrogen (secondary N) is 2. The van der Waals surface area contributed by atoms with E-state index in [1.165, 1.54) is 21.5 Å². The lowest BCUT2D eigenvalue weighted by atomic mass is 9.72. The largest absolute Gasteiger partial charge is 0.288 e. The minimum absolute atomic E-state index is 0.179. The van der Waals surface area contributed by atoms with Crippen molar-refractivity contribution in [2.75, 3.05) is 0 Å². The molecule has 7 aromatic carbocycles. The molecular weight excluding hydrogens is 781 g/mol. The summed E-state index contributed by atoms with van der Waals surface area (Å²) in [5.41, 5.74) is 6.16. The molecule has 0 aliphatic rings. The van der Waals surface area contributed by atoms with E-state index >= 15 is 0 Å². The summed E-state index contributed by atoms with van der Waals surface area (Å²) in [6.45, 7) is 26.9. The first-order chi connectivity index (χ1) is 28.0. The number of hydrogen-bond donors (Lipinski definition) is 2. The van der Waals surface area contributed by atoms with E-state index in [2.05, 4.69) is 136 Å². The van der Waals surface area contributed by atoms with E-state index < -0.39 is 22.2 Å². The highest BCUT2D eigenvalue weighted by Crippen LogP contribution is 2.56. The molecule has 10 aromatic rings. The lowest BCUT2D eigenvalue weighted by Gasteiger charge is -2.32. The molecule has 6 nitrogen and oxygen atoms in total. The fraction of sp³-hybridized carbons (Fsp3) is 0.308. The fourth-order valence-electron chi connectivity index (χ4n) is 9.91. The van der Waals surface area contributed by atoms with Crippen LogP contribution in [0.2, 0.25) is 0 Å². The minimum atomic E-state index is -0.423. The molecular formula is C52H48N2O4S2. The van der Waals surface area contributed by atoms with Crippen LogP contribution in [0, 0.1) is 0 Å². The van der Waals surface area contributed by atoms with Crippen molar-refractivity contribution in [1.82, 2.24) is 9.97 Å². The van der Waals surface area contributed by atoms with E-state index in [0.29, 0.717) is 32.3 Å². The zero-order valence-electron chi connectivity index (χ0n) is 36.2. The Morgan fingerprint density at radius 1 is 0.383 bits per heavy atom. The van der Waals surface area contributed by atoms with Crippen molar-refractivity contribution in [2.45, 2.75) is 105 Å². The maximum absolute atomic E-state index is 14.3. The number of benzene rings is 7. The Balaban J connectivity index is 1.64. The Morgan fingerprint density at radius 2 is 0.933 bits per heavy atom. The fourth-order valence-corrected chi connectivity index (χ4v) is 12.5. The number of aromatic amines is 2. The second-order valence-electron chi connectivity index (χ2n) is 21.0. The first-order valence-electron chi connectivity index (χ1n) is 20.7. The van der Waals surface area contributed by atoms with Crippen LogP contribution in [0.15, 0.2) is 79.8 Å². The van der Waals surface area contributed by atoms with E-state index in [9.17, 15) is 19.2 Å². The van der Waals surface area contributed by atoms with Crippen LogP contribution in [-0.4, -0.2) is 9.97 Å². The van der Waals surface area contributed by atoms with Crippen molar-refractivity contribution in [3.05, 3.63) is 124 Å². The molecule has 0 saturated heterocycles. The van der Waals surface area contributed by atoms with E-state index in [4.69, 9.17) is 0 Å². The highest BCUT2D eigenvalue weighted by atomic mass is 32.9. The zero-order chi connectivity index (χ0) is 42.9. The summed E-state index contributed by atoms with van der Waals surface area (Å²) >= 11 is 0. The summed E-state index contributed by atoms with van der Waals surface area (Å²) in [6.07, 6.45) is 0. The first kappa shape index (κ1) is 38.7. The van der Waals surface area contributed by atoms with Crippen molar-refractivity contribution >= 4 is 94.7 Å². The minimum Gasteiger partial charge on any atom is -0.288 e. The maximum Gasteiger partial charge on any atom is 0.260 e. The van der Waals surface area contributed by atoms with Gasteiger partial charge in [-0.15, -0.1) is 0 Å². The smallest absolute Gasteiger partial charge is 0.260 e. The molecule has 0 radical (unpaired) electrons. The third-order valence-corrected chi connectivity index (χ3v) is 15.3. The molecule has 0 aliphatic carbocycles. The quantitative estimate of drug-likeness (QED) is 0.103. The molecule has 3 aromatic heterocycles. The molecule has 60 heavy (non-hydrogen) atoms. The summed E-state index contributed by atoms with van der Waals surface area (Å²) in [7, 11) is 3.07. The average Bonchev–Trinajstić information content (AvgIpc) is 3.63. The van der Waals surface area contributed by atoms with Crippen LogP contribution in [0.5, 0.6) is 0 Å². The predicted octanol–water partition coefficient (Wildman–Crippen LogP) is 12.8. The van der Waals surface area contributed by atoms with Crippen LogP contribution in [0.3, 0.4) is 0 Å². The average molecular weight is 829 g/mol. The van der Waals surface area contributed by atoms with E-state index in [-0.39, 0.29) is 21.7 Å². The molecule has 0 fully saturated rings. The summed E-state index contributed by atoms with van der Waals surface area (Å²) in [5, 5.41) is 8.25. The summed E-state index contributed by atoms with van der Waals surface area (Å²) in [5.74, 6) is 0. The number of rotatable bonds is 2. The molecule has 0 unspecified atom stereocenters. The molecule has 0 aliphatic heterocycles. The van der Waals surface area contributed by atoms with Crippen LogP contribution in [0.1, 0.15) is 105 Å². The van der Waals surface area contributed by atoms with Gasteiger partial charge in [-0.1, -0.05) is 146 Å². The maximum atomic E-state index is 14.3. The first-order valence-corrected chi connectivity index (χ1v) is 22.8. The van der Waals surface area contributed by atoms with Gasteiger partial charge in [0.25, 0.3) is 22.2 Å². The number of fused-ring (bicyclic) bond motifs is 6. The Hall–Kier alpha value is -5.44. The second kappa shape index (κ2) is 12.1. The molecule has 0 saturated carbocycles. The van der Waals surface area contributed by atoms with Crippen molar-refractivity contribution in [3.8, 4) is 22.3 Å². The van der Waals surface area contributed by atoms with Crippen LogP contribution < -0.4 is 22.2 Å². The molecule has 0 amide bonds. The summed E-state index contributed by atoms with van der Waals surface area (Å²) in [4.78, 5) is 61.1. The summed E-state index contributed by atoms with van der Waals surface area (Å²) < 4.78 is 1.76. The van der Waals surface area contributed by atoms with Gasteiger partial charge >= 0.3 is 0 Å². The van der Waals surface area contributed by atoms with Crippen molar-refractivity contribution in [2.24, 2.45) is 0 Å². The third-order valence-electron chi connectivity index (χ3n) is 12.9. The molecule has 2 N–H and O–H groups in total. The molecule has 8 heteroatoms. The van der Waals surface area contributed by atoms with Gasteiger partial charge < -0.3 is 0 Å². The number of hydrogen-bond acceptors (Lipinski definition) is 6. The lowest BCUT2D eigenvalue weighted by Crippen LogP contribution is -2.18. The van der Waals surface area contributed by atoms with Gasteiger partial charge in [-0.3, -0.25) is 29.1 Å². The Kier molecular flexibility index (Phi) is 7.82. The zero-order valence-corrected chi connectivity index (χ0v) is 37.9. The van der Waals surface area contributed by atoms with E-state index in [0.717, 1.165) is 75.1 Å². The van der Waals surface area contributed by atoms with Gasteiger partial charge in [-0.2, -0.15) is 0 Å². The predicted molar refractivity (Wildman–Crippen MR) is 258 cm³/mol. The lowest BCUT2D eigenvalue weighted by molar-refractivity contribution is 0.578. The summed E-state index contributed by atoms with van der Waals surface area (Å²) in [6, 6.07) is 21.9. The molecule has 0 bridgehead atoms. The molecule has 0 atom stereocenters. The molecule has 3 heterocycles. The van der Waals surface area contributed by atoms with Crippen molar-refractivity contribution in [3.63, 3.8) is 0 Å². The number of H-pyrrole nitrogens is 2. The van der Waals surface area contributed by atoms with Gasteiger partial charge in [-0.25, -0.2) is 0 Å². The van der Waals surface area contributed by atoms with Crippen LogP contribution >= 0.6 is 20.7 Å². The second-order valence-corrected chi connectivity index (χ2v) is 23.2. The molecule has 302 valence electrons. The highest BCUT2D eigenvalue weighted by molar-refractivity contribution is 7.74. The van der Waals surface area contributed by atoms with Gasteiger partial charge in [0, 0.05) is 20.9 Å². The van der Waals surface area contributed by atoms with Gasteiger partial charge in [0.1, 0.15) is 0 Å². The van der Waals surface area contributed by atoms with Crippen molar-refractivity contribution < 1.29 is 0 Å². The van der Waals surface area contributed by atoms with E-state index in [1.807, 2.05) is 18.2 Å². The Bertz CT molecular complexity index is 3720. The van der Waals surface area contributed by atoms with E-state index in [1.54, 1.807) is 10.3 Å². The molecule has 10 rings (SSSR count). The third kappa shape index (κ3) is 5.29. The van der Waals surface area contributed by atoms with Gasteiger partial charge in [0.05, 0.1) is 26.2 Å². The normalized spacial score (nSPS) is 13.6. The van der Waals surface area contributed by atoms with Crippen LogP contribution in [0.4, 0.5) is 0 Å². The Morgan fingerprint density at radius 3 is 1.55 bits per heavy atom. The van der Waals surface area contributed by atoms with Crippen molar-refractivity contribution in [1.29, 1.82) is 0 Å². The van der Waals surface area contributed by atoms with Gasteiger partial charge in [0.2, 0.25) is 0 Å². The topological polar surface area (TPSA) is 99.9 Å². The number of aromatic nitrogens is 2. The Labute approximate surface area is 354 Å². The highest BCUT2D eigenvalue weighted by Gasteiger charge is 2.33. The van der Waals surface area contributed by atoms with Crippen LogP contribution in [-0.2, 0) is 21.7 Å². The molecule has 0 spiro atoms. The monoisotopic (exact) mass is 828 g/mol. The van der Waals surface area contributed by atoms with Gasteiger partial charge in [-0.05, 0) is 111 Å². The van der Waals surface area contributed by atoms with Gasteiger partial charge in [0.15, 0.2) is 0 Å². The standard InChI is InChI=1S/C52H48N2O4S2/c1-49(2,3)23-13-16-32(51(7,8)9)26(19-23)27-21-30-39-38(36(27)28-20-24(50(4,5)6)14-17-33(28)52(10,11)12)29-22-31-37(46(56)53-45(31)55)25-15-18-34-41(35(25)29)42(39)44(60-59-34)43-40(30)47(57)54-48(43)58/h13-22H,1-12H3,(H,53,55,56)(H,54,57,58). The van der Waals surface area contributed by atoms with Crippen LogP contribution in [0.25, 0.3) is 96.3 Å².